The van der Waals surface area contributed by atoms with E-state index in [1.807, 2.05) is 0 Å². The molecule has 0 aliphatic carbocycles. The zero-order valence-corrected chi connectivity index (χ0v) is 15.3. The molecule has 142 valence electrons. The number of carbonyl (C=O) groups is 2. The molecule has 0 bridgehead atoms. The number of fused-ring (bicyclic) bond motifs is 1. The van der Waals surface area contributed by atoms with E-state index >= 15 is 0 Å². The van der Waals surface area contributed by atoms with E-state index < -0.39 is 28.0 Å². The van der Waals surface area contributed by atoms with Gasteiger partial charge in [-0.05, 0) is 43.3 Å². The fourth-order valence-electron chi connectivity index (χ4n) is 2.68. The van der Waals surface area contributed by atoms with E-state index in [0.717, 1.165) is 4.31 Å². The molecule has 9 heteroatoms. The summed E-state index contributed by atoms with van der Waals surface area (Å²) in [4.78, 5) is 23.3. The van der Waals surface area contributed by atoms with Crippen LogP contribution in [-0.2, 0) is 19.6 Å². The van der Waals surface area contributed by atoms with Gasteiger partial charge >= 0.3 is 5.97 Å². The third-order valence-corrected chi connectivity index (χ3v) is 5.80. The number of benzene rings is 2. The largest absolute Gasteiger partial charge is 0.476 e. The molecule has 1 heterocycles. The molecule has 27 heavy (non-hydrogen) atoms. The zero-order chi connectivity index (χ0) is 19.6. The van der Waals surface area contributed by atoms with Gasteiger partial charge in [0.2, 0.25) is 0 Å². The number of anilines is 1. The second-order valence-electron chi connectivity index (χ2n) is 5.76. The molecule has 8 nitrogen and oxygen atoms in total. The minimum absolute atomic E-state index is 0.0320. The summed E-state index contributed by atoms with van der Waals surface area (Å²) in [6.07, 6.45) is -1.10. The van der Waals surface area contributed by atoms with Crippen LogP contribution in [0.4, 0.5) is 5.69 Å². The van der Waals surface area contributed by atoms with Gasteiger partial charge in [-0.3, -0.25) is 9.10 Å². The maximum atomic E-state index is 13.1. The Bertz CT molecular complexity index is 972. The third kappa shape index (κ3) is 3.59. The molecule has 2 aromatic rings. The van der Waals surface area contributed by atoms with Gasteiger partial charge < -0.3 is 15.2 Å². The van der Waals surface area contributed by atoms with Crippen molar-refractivity contribution in [2.24, 2.45) is 5.73 Å². The van der Waals surface area contributed by atoms with Gasteiger partial charge in [0.15, 0.2) is 6.10 Å². The molecule has 3 rings (SSSR count). The van der Waals surface area contributed by atoms with Gasteiger partial charge in [-0.25, -0.2) is 13.2 Å². The van der Waals surface area contributed by atoms with Crippen molar-refractivity contribution in [1.29, 1.82) is 0 Å². The lowest BCUT2D eigenvalue weighted by molar-refractivity contribution is -0.124. The fourth-order valence-corrected chi connectivity index (χ4v) is 4.16. The number of hydrogen-bond acceptors (Lipinski definition) is 6. The Labute approximate surface area is 156 Å². The lowest BCUT2D eigenvalue weighted by Crippen LogP contribution is -2.49. The molecule has 0 unspecified atom stereocenters. The van der Waals surface area contributed by atoms with Gasteiger partial charge in [-0.2, -0.15) is 0 Å². The summed E-state index contributed by atoms with van der Waals surface area (Å²) in [5.74, 6) is -1.05. The number of hydrogen-bond donors (Lipinski definition) is 1. The van der Waals surface area contributed by atoms with Crippen molar-refractivity contribution in [3.8, 4) is 5.75 Å². The van der Waals surface area contributed by atoms with Crippen LogP contribution >= 0.6 is 0 Å². The van der Waals surface area contributed by atoms with Gasteiger partial charge in [0.25, 0.3) is 15.9 Å². The minimum Gasteiger partial charge on any atom is -0.476 e. The second-order valence-corrected chi connectivity index (χ2v) is 7.62. The molecule has 1 amide bonds. The van der Waals surface area contributed by atoms with Gasteiger partial charge in [0.1, 0.15) is 5.75 Å². The number of primary amides is 1. The summed E-state index contributed by atoms with van der Waals surface area (Å²) in [5.41, 5.74) is 5.87. The number of rotatable bonds is 5. The monoisotopic (exact) mass is 390 g/mol. The Balaban J connectivity index is 1.98. The molecular weight excluding hydrogens is 372 g/mol. The molecule has 0 saturated heterocycles. The highest BCUT2D eigenvalue weighted by Crippen LogP contribution is 2.36. The van der Waals surface area contributed by atoms with Crippen LogP contribution in [0.1, 0.15) is 17.3 Å². The van der Waals surface area contributed by atoms with E-state index in [9.17, 15) is 18.0 Å². The lowest BCUT2D eigenvalue weighted by atomic mass is 10.2. The zero-order valence-electron chi connectivity index (χ0n) is 14.5. The molecule has 0 saturated carbocycles. The van der Waals surface area contributed by atoms with Crippen LogP contribution in [0.5, 0.6) is 5.75 Å². The average Bonchev–Trinajstić information content (AvgIpc) is 2.67. The molecular formula is C18H18N2O6S. The predicted octanol–water partition coefficient (Wildman–Crippen LogP) is 1.30. The van der Waals surface area contributed by atoms with Crippen LogP contribution in [0.3, 0.4) is 0 Å². The van der Waals surface area contributed by atoms with E-state index in [4.69, 9.17) is 15.2 Å². The second kappa shape index (κ2) is 7.28. The first kappa shape index (κ1) is 18.7. The van der Waals surface area contributed by atoms with E-state index in [2.05, 4.69) is 0 Å². The van der Waals surface area contributed by atoms with Crippen LogP contribution in [-0.4, -0.2) is 39.5 Å². The van der Waals surface area contributed by atoms with Crippen LogP contribution in [0.2, 0.25) is 0 Å². The average molecular weight is 390 g/mol. The van der Waals surface area contributed by atoms with Crippen molar-refractivity contribution in [2.75, 3.05) is 17.5 Å². The van der Waals surface area contributed by atoms with E-state index in [1.165, 1.54) is 24.3 Å². The highest BCUT2D eigenvalue weighted by atomic mass is 32.2. The number of esters is 1. The summed E-state index contributed by atoms with van der Waals surface area (Å²) in [6.45, 7) is 1.66. The molecule has 1 aliphatic rings. The quantitative estimate of drug-likeness (QED) is 0.770. The fraction of sp³-hybridized carbons (Fsp3) is 0.222. The van der Waals surface area contributed by atoms with Crippen LogP contribution in [0.25, 0.3) is 0 Å². The van der Waals surface area contributed by atoms with Crippen LogP contribution in [0, 0.1) is 0 Å². The maximum Gasteiger partial charge on any atom is 0.338 e. The minimum atomic E-state index is -4.00. The Morgan fingerprint density at radius 1 is 1.19 bits per heavy atom. The van der Waals surface area contributed by atoms with Crippen molar-refractivity contribution in [3.63, 3.8) is 0 Å². The van der Waals surface area contributed by atoms with E-state index in [-0.39, 0.29) is 29.4 Å². The first-order valence-electron chi connectivity index (χ1n) is 8.19. The number of ether oxygens (including phenoxy) is 2. The molecule has 0 radical (unpaired) electrons. The predicted molar refractivity (Wildman–Crippen MR) is 97.0 cm³/mol. The molecule has 1 aliphatic heterocycles. The molecule has 2 aromatic carbocycles. The number of amides is 1. The highest BCUT2D eigenvalue weighted by molar-refractivity contribution is 7.92. The standard InChI is InChI=1S/C18H18N2O6S/c1-2-25-18(22)12-7-9-13(10-8-12)27(23,24)20-11-16(17(19)21)26-15-6-4-3-5-14(15)20/h3-10,16H,2,11H2,1H3,(H2,19,21)/t16-/m0/s1. The van der Waals surface area contributed by atoms with Crippen LogP contribution < -0.4 is 14.8 Å². The maximum absolute atomic E-state index is 13.1. The Hall–Kier alpha value is -3.07. The van der Waals surface area contributed by atoms with Gasteiger partial charge in [-0.1, -0.05) is 12.1 Å². The van der Waals surface area contributed by atoms with E-state index in [0.29, 0.717) is 5.69 Å². The van der Waals surface area contributed by atoms with Gasteiger partial charge in [-0.15, -0.1) is 0 Å². The topological polar surface area (TPSA) is 116 Å². The van der Waals surface area contributed by atoms with Crippen LogP contribution in [0.15, 0.2) is 53.4 Å². The third-order valence-electron chi connectivity index (χ3n) is 4.01. The summed E-state index contributed by atoms with van der Waals surface area (Å²) in [7, 11) is -4.00. The summed E-state index contributed by atoms with van der Waals surface area (Å²) in [5, 5.41) is 0. The normalized spacial score (nSPS) is 16.2. The highest BCUT2D eigenvalue weighted by Gasteiger charge is 2.36. The summed E-state index contributed by atoms with van der Waals surface area (Å²) in [6, 6.07) is 11.9. The summed E-state index contributed by atoms with van der Waals surface area (Å²) < 4.78 is 37.7. The molecule has 1 atom stereocenters. The first-order chi connectivity index (χ1) is 12.8. The number of nitrogens with zero attached hydrogens (tertiary/aromatic N) is 1. The van der Waals surface area contributed by atoms with Crippen molar-refractivity contribution in [1.82, 2.24) is 0 Å². The lowest BCUT2D eigenvalue weighted by Gasteiger charge is -2.34. The SMILES string of the molecule is CCOC(=O)c1ccc(S(=O)(=O)N2C[C@@H](C(N)=O)Oc3ccccc32)cc1. The smallest absolute Gasteiger partial charge is 0.338 e. The Morgan fingerprint density at radius 3 is 2.48 bits per heavy atom. The first-order valence-corrected chi connectivity index (χ1v) is 9.63. The van der Waals surface area contributed by atoms with Crippen molar-refractivity contribution in [3.05, 3.63) is 54.1 Å². The van der Waals surface area contributed by atoms with Gasteiger partial charge in [0.05, 0.1) is 29.3 Å². The van der Waals surface area contributed by atoms with Crippen molar-refractivity contribution >= 4 is 27.6 Å². The number of carbonyl (C=O) groups excluding carboxylic acids is 2. The molecule has 0 aromatic heterocycles. The number of para-hydroxylation sites is 2. The Morgan fingerprint density at radius 2 is 1.85 bits per heavy atom. The summed E-state index contributed by atoms with van der Waals surface area (Å²) >= 11 is 0. The number of nitrogens with two attached hydrogens (primary N) is 1. The van der Waals surface area contributed by atoms with Crippen molar-refractivity contribution in [2.45, 2.75) is 17.9 Å². The Kier molecular flexibility index (Phi) is 5.04. The molecule has 0 fully saturated rings. The molecule has 2 N–H and O–H groups in total. The molecule has 0 spiro atoms. The van der Waals surface area contributed by atoms with Gasteiger partial charge in [0, 0.05) is 0 Å². The van der Waals surface area contributed by atoms with E-state index in [1.54, 1.807) is 31.2 Å². The number of sulfonamides is 1. The van der Waals surface area contributed by atoms with Crippen molar-refractivity contribution < 1.29 is 27.5 Å².